The van der Waals surface area contributed by atoms with Crippen molar-refractivity contribution >= 4 is 17.8 Å². The van der Waals surface area contributed by atoms with Crippen LogP contribution in [0.2, 0.25) is 5.02 Å². The predicted molar refractivity (Wildman–Crippen MR) is 72.5 cm³/mol. The molecule has 0 aliphatic heterocycles. The molecule has 20 heavy (non-hydrogen) atoms. The molecular weight excluding hydrogens is 319 g/mol. The van der Waals surface area contributed by atoms with E-state index in [1.165, 1.54) is 6.07 Å². The number of rotatable bonds is 6. The normalized spacial score (nSPS) is 9.80. The van der Waals surface area contributed by atoms with Crippen LogP contribution in [-0.4, -0.2) is 37.3 Å². The van der Waals surface area contributed by atoms with Crippen LogP contribution >= 0.6 is 11.6 Å². The number of hydrogen-bond donors (Lipinski definition) is 0. The number of likely N-dealkylation sites (N-methyl/N-ethyl adjacent to an activating group) is 1. The van der Waals surface area contributed by atoms with E-state index in [-0.39, 0.29) is 35.3 Å². The third-order valence-corrected chi connectivity index (χ3v) is 2.88. The maximum absolute atomic E-state index is 11.5. The van der Waals surface area contributed by atoms with Crippen LogP contribution in [0.1, 0.15) is 19.4 Å². The van der Waals surface area contributed by atoms with E-state index in [0.29, 0.717) is 17.1 Å². The van der Waals surface area contributed by atoms with E-state index in [0.717, 1.165) is 19.6 Å². The summed E-state index contributed by atoms with van der Waals surface area (Å²) in [7, 11) is 0. The van der Waals surface area contributed by atoms with Gasteiger partial charge in [-0.15, -0.1) is 0 Å². The summed E-state index contributed by atoms with van der Waals surface area (Å²) in [4.78, 5) is 6.54. The van der Waals surface area contributed by atoms with Gasteiger partial charge in [-0.3, -0.25) is 4.99 Å². The van der Waals surface area contributed by atoms with Gasteiger partial charge in [-0.25, -0.2) is 0 Å². The third kappa shape index (κ3) is 8.58. The zero-order chi connectivity index (χ0) is 12.7. The van der Waals surface area contributed by atoms with Gasteiger partial charge in [0.2, 0.25) is 0 Å². The number of nitrogens with zero attached hydrogens (tertiary/aromatic N) is 2. The Balaban J connectivity index is -0.000000963. The number of halogens is 1. The van der Waals surface area contributed by atoms with Gasteiger partial charge in [0.1, 0.15) is 0 Å². The molecule has 0 saturated carbocycles. The largest absolute Gasteiger partial charge is 2.00 e. The zero-order valence-electron chi connectivity index (χ0n) is 11.6. The summed E-state index contributed by atoms with van der Waals surface area (Å²) >= 11 is 5.82. The Bertz CT molecular complexity index is 388. The SMILES string of the molecule is CCN(CC)CCN=Cc1cc(Cl)ccc1[O-].[O-2].[O-2].[V]. The molecule has 1 aromatic carbocycles. The van der Waals surface area contributed by atoms with Gasteiger partial charge in [-0.1, -0.05) is 37.3 Å². The molecule has 1 radical (unpaired) electrons. The van der Waals surface area contributed by atoms with Crippen molar-refractivity contribution in [2.75, 3.05) is 26.2 Å². The Morgan fingerprint density at radius 3 is 2.40 bits per heavy atom. The molecule has 0 aliphatic carbocycles. The molecule has 0 N–H and O–H groups in total. The number of aliphatic imine (C=N–C) groups is 1. The summed E-state index contributed by atoms with van der Waals surface area (Å²) in [6, 6.07) is 4.70. The smallest absolute Gasteiger partial charge is 0.0516 e. The molecule has 1 aromatic rings. The van der Waals surface area contributed by atoms with Gasteiger partial charge in [-0.2, -0.15) is 0 Å². The van der Waals surface area contributed by atoms with Crippen molar-refractivity contribution in [2.24, 2.45) is 4.99 Å². The van der Waals surface area contributed by atoms with E-state index in [2.05, 4.69) is 23.7 Å². The zero-order valence-corrected chi connectivity index (χ0v) is 13.7. The van der Waals surface area contributed by atoms with Gasteiger partial charge in [-0.05, 0) is 30.8 Å². The van der Waals surface area contributed by atoms with Crippen LogP contribution in [0.25, 0.3) is 0 Å². The van der Waals surface area contributed by atoms with E-state index in [4.69, 9.17) is 11.6 Å². The van der Waals surface area contributed by atoms with Gasteiger partial charge < -0.3 is 21.0 Å². The molecule has 0 amide bonds. The van der Waals surface area contributed by atoms with Crippen molar-refractivity contribution in [1.29, 1.82) is 0 Å². The Kier molecular flexibility index (Phi) is 16.4. The summed E-state index contributed by atoms with van der Waals surface area (Å²) in [5, 5.41) is 12.0. The van der Waals surface area contributed by atoms with E-state index >= 15 is 0 Å². The quantitative estimate of drug-likeness (QED) is 0.742. The minimum Gasteiger partial charge on any atom is -2.00 e. The predicted octanol–water partition coefficient (Wildman–Crippen LogP) is 1.93. The average Bonchev–Trinajstić information content (AvgIpc) is 2.33. The summed E-state index contributed by atoms with van der Waals surface area (Å²) in [5.41, 5.74) is 0.553. The van der Waals surface area contributed by atoms with E-state index < -0.39 is 0 Å². The first kappa shape index (κ1) is 24.5. The van der Waals surface area contributed by atoms with Gasteiger partial charge in [0, 0.05) is 36.3 Å². The van der Waals surface area contributed by atoms with Crippen LogP contribution in [0.5, 0.6) is 5.75 Å². The molecule has 0 aromatic heterocycles. The van der Waals surface area contributed by atoms with Gasteiger partial charge >= 0.3 is 0 Å². The molecule has 0 fully saturated rings. The van der Waals surface area contributed by atoms with Crippen molar-refractivity contribution < 1.29 is 34.6 Å². The third-order valence-electron chi connectivity index (χ3n) is 2.64. The fraction of sp³-hybridized carbons (Fsp3) is 0.462. The molecule has 0 bridgehead atoms. The summed E-state index contributed by atoms with van der Waals surface area (Å²) in [6.45, 7) is 7.91. The minimum atomic E-state index is -0.0408. The van der Waals surface area contributed by atoms with Crippen LogP contribution in [-0.2, 0) is 29.5 Å². The number of benzene rings is 1. The summed E-state index contributed by atoms with van der Waals surface area (Å²) in [5.74, 6) is -0.0408. The first-order chi connectivity index (χ1) is 8.17. The molecule has 0 unspecified atom stereocenters. The Labute approximate surface area is 137 Å². The second-order valence-electron chi connectivity index (χ2n) is 3.74. The van der Waals surface area contributed by atoms with Crippen molar-refractivity contribution in [3.05, 3.63) is 28.8 Å². The fourth-order valence-electron chi connectivity index (χ4n) is 1.52. The van der Waals surface area contributed by atoms with Crippen LogP contribution in [0.15, 0.2) is 23.2 Å². The maximum Gasteiger partial charge on any atom is 0.0516 e. The van der Waals surface area contributed by atoms with Crippen LogP contribution in [0, 0.1) is 0 Å². The first-order valence-electron chi connectivity index (χ1n) is 5.86. The molecule has 1 rings (SSSR count). The Hall–Kier alpha value is -0.556. The molecule has 0 atom stereocenters. The van der Waals surface area contributed by atoms with Crippen LogP contribution in [0.4, 0.5) is 0 Å². The molecule has 0 spiro atoms. The van der Waals surface area contributed by atoms with Crippen molar-refractivity contribution in [2.45, 2.75) is 13.8 Å². The summed E-state index contributed by atoms with van der Waals surface area (Å²) < 4.78 is 0. The monoisotopic (exact) mass is 336 g/mol. The number of hydrogen-bond acceptors (Lipinski definition) is 3. The van der Waals surface area contributed by atoms with Crippen LogP contribution < -0.4 is 5.11 Å². The average molecular weight is 337 g/mol. The molecule has 0 heterocycles. The molecule has 7 heteroatoms. The maximum atomic E-state index is 11.5. The second kappa shape index (κ2) is 13.4. The topological polar surface area (TPSA) is 95.7 Å². The standard InChI is InChI=1S/C13H19ClN2O.2O.V/c1-3-16(4-2)8-7-15-10-11-9-12(14)5-6-13(11)17;;;/h5-6,9-10,17H,3-4,7-8H2,1-2H3;;;/q;2*-2;/p-1. The van der Waals surface area contributed by atoms with E-state index in [1.807, 2.05) is 0 Å². The van der Waals surface area contributed by atoms with Crippen LogP contribution in [0.3, 0.4) is 0 Å². The fourth-order valence-corrected chi connectivity index (χ4v) is 1.70. The van der Waals surface area contributed by atoms with Crippen molar-refractivity contribution in [1.82, 2.24) is 4.90 Å². The van der Waals surface area contributed by atoms with Crippen molar-refractivity contribution in [3.63, 3.8) is 0 Å². The van der Waals surface area contributed by atoms with Gasteiger partial charge in [0.25, 0.3) is 0 Å². The first-order valence-corrected chi connectivity index (χ1v) is 6.24. The van der Waals surface area contributed by atoms with Crippen molar-refractivity contribution in [3.8, 4) is 5.75 Å². The second-order valence-corrected chi connectivity index (χ2v) is 4.18. The van der Waals surface area contributed by atoms with E-state index in [1.54, 1.807) is 18.3 Å². The van der Waals surface area contributed by atoms with Gasteiger partial charge in [0.15, 0.2) is 0 Å². The van der Waals surface area contributed by atoms with Gasteiger partial charge in [0.05, 0.1) is 6.54 Å². The van der Waals surface area contributed by atoms with E-state index in [9.17, 15) is 5.11 Å². The minimum absolute atomic E-state index is 0. The molecule has 0 saturated heterocycles. The molecular formula is C13H18ClN2O3V-5. The molecule has 115 valence electrons. The Morgan fingerprint density at radius 2 is 1.85 bits per heavy atom. The molecule has 5 nitrogen and oxygen atoms in total. The molecule has 0 aliphatic rings. The Morgan fingerprint density at radius 1 is 1.25 bits per heavy atom. The summed E-state index contributed by atoms with van der Waals surface area (Å²) in [6.07, 6.45) is 1.61.